The number of esters is 1. The Bertz CT molecular complexity index is 1080. The molecule has 1 aliphatic rings. The van der Waals surface area contributed by atoms with Crippen molar-refractivity contribution < 1.29 is 24.2 Å². The van der Waals surface area contributed by atoms with Crippen molar-refractivity contribution in [3.8, 4) is 16.9 Å². The van der Waals surface area contributed by atoms with Gasteiger partial charge in [0.1, 0.15) is 12.4 Å². The first-order valence-corrected chi connectivity index (χ1v) is 9.98. The molecule has 3 N–H and O–H groups in total. The zero-order valence-corrected chi connectivity index (χ0v) is 17.0. The number of hydrogen-bond donors (Lipinski definition) is 2. The molecule has 0 saturated carbocycles. The fraction of sp³-hybridized carbons (Fsp3) is 0.200. The summed E-state index contributed by atoms with van der Waals surface area (Å²) in [6, 6.07) is 21.6. The first-order chi connectivity index (χ1) is 15.0. The number of ether oxygens (including phenoxy) is 2. The molecule has 3 aromatic rings. The lowest BCUT2D eigenvalue weighted by molar-refractivity contribution is -0.160. The van der Waals surface area contributed by atoms with Crippen LogP contribution in [-0.2, 0) is 14.3 Å². The molecule has 0 aliphatic heterocycles. The molecule has 4 rings (SSSR count). The average Bonchev–Trinajstić information content (AvgIpc) is 3.11. The Morgan fingerprint density at radius 2 is 1.58 bits per heavy atom. The first-order valence-electron chi connectivity index (χ1n) is 9.98. The molecule has 1 aliphatic carbocycles. The number of nitrogens with two attached hydrogens (primary N) is 1. The molecule has 0 heterocycles. The first kappa shape index (κ1) is 20.6. The summed E-state index contributed by atoms with van der Waals surface area (Å²) in [4.78, 5) is 24.7. The minimum absolute atomic E-state index is 0.0431. The lowest BCUT2D eigenvalue weighted by atomic mass is 9.93. The number of carbonyl (C=O) groups is 2. The highest BCUT2D eigenvalue weighted by Gasteiger charge is 2.37. The number of rotatable bonds is 7. The van der Waals surface area contributed by atoms with E-state index in [2.05, 4.69) is 0 Å². The van der Waals surface area contributed by atoms with E-state index in [-0.39, 0.29) is 12.5 Å². The largest absolute Gasteiger partial charge is 0.497 e. The third-order valence-electron chi connectivity index (χ3n) is 5.71. The van der Waals surface area contributed by atoms with Crippen LogP contribution >= 0.6 is 0 Å². The Kier molecular flexibility index (Phi) is 5.73. The Hall–Kier alpha value is -3.64. The van der Waals surface area contributed by atoms with Crippen LogP contribution in [0.3, 0.4) is 0 Å². The number of fused-ring (bicyclic) bond motifs is 3. The standard InChI is InChI=1S/C25H23NO5/c1-30-16-8-6-7-15(13-16)23(26)22(24(27)28)25(29)31-14-21-19-11-4-2-9-17(19)18-10-3-5-12-20(18)21/h2-13,21-23H,14,26H2,1H3,(H,27,28)/t22-,23?/m0/s1. The van der Waals surface area contributed by atoms with E-state index in [0.717, 1.165) is 22.3 Å². The highest BCUT2D eigenvalue weighted by molar-refractivity contribution is 5.95. The van der Waals surface area contributed by atoms with Gasteiger partial charge in [-0.05, 0) is 39.9 Å². The lowest BCUT2D eigenvalue weighted by Crippen LogP contribution is -2.36. The second-order valence-electron chi connectivity index (χ2n) is 7.48. The van der Waals surface area contributed by atoms with Gasteiger partial charge < -0.3 is 20.3 Å². The van der Waals surface area contributed by atoms with E-state index in [0.29, 0.717) is 11.3 Å². The number of hydrogen-bond acceptors (Lipinski definition) is 5. The van der Waals surface area contributed by atoms with Crippen LogP contribution in [0.1, 0.15) is 28.7 Å². The minimum atomic E-state index is -1.53. The smallest absolute Gasteiger partial charge is 0.322 e. The molecular weight excluding hydrogens is 394 g/mol. The van der Waals surface area contributed by atoms with Crippen molar-refractivity contribution in [2.24, 2.45) is 11.7 Å². The quantitative estimate of drug-likeness (QED) is 0.449. The Labute approximate surface area is 180 Å². The van der Waals surface area contributed by atoms with Gasteiger partial charge in [0.05, 0.1) is 13.2 Å². The van der Waals surface area contributed by atoms with Crippen LogP contribution in [0.4, 0.5) is 0 Å². The van der Waals surface area contributed by atoms with E-state index in [1.807, 2.05) is 48.5 Å². The molecule has 0 amide bonds. The molecule has 3 aromatic carbocycles. The maximum Gasteiger partial charge on any atom is 0.322 e. The summed E-state index contributed by atoms with van der Waals surface area (Å²) in [6.07, 6.45) is 0. The third kappa shape index (κ3) is 3.90. The molecule has 1 unspecified atom stereocenters. The summed E-state index contributed by atoms with van der Waals surface area (Å²) in [5, 5.41) is 9.70. The number of carbonyl (C=O) groups excluding carboxylic acids is 1. The van der Waals surface area contributed by atoms with Crippen LogP contribution in [-0.4, -0.2) is 30.8 Å². The highest BCUT2D eigenvalue weighted by Crippen LogP contribution is 2.44. The van der Waals surface area contributed by atoms with Crippen LogP contribution in [0.25, 0.3) is 11.1 Å². The molecule has 31 heavy (non-hydrogen) atoms. The summed E-state index contributed by atoms with van der Waals surface area (Å²) in [6.45, 7) is 0.0431. The van der Waals surface area contributed by atoms with Crippen molar-refractivity contribution in [3.05, 3.63) is 89.5 Å². The highest BCUT2D eigenvalue weighted by atomic mass is 16.5. The van der Waals surface area contributed by atoms with E-state index in [4.69, 9.17) is 15.2 Å². The van der Waals surface area contributed by atoms with Crippen LogP contribution < -0.4 is 10.5 Å². The van der Waals surface area contributed by atoms with Crippen molar-refractivity contribution in [1.82, 2.24) is 0 Å². The van der Waals surface area contributed by atoms with Crippen molar-refractivity contribution in [1.29, 1.82) is 0 Å². The van der Waals surface area contributed by atoms with E-state index >= 15 is 0 Å². The van der Waals surface area contributed by atoms with Gasteiger partial charge in [0.25, 0.3) is 0 Å². The van der Waals surface area contributed by atoms with Gasteiger partial charge in [-0.2, -0.15) is 0 Å². The second-order valence-corrected chi connectivity index (χ2v) is 7.48. The Morgan fingerprint density at radius 1 is 0.968 bits per heavy atom. The Morgan fingerprint density at radius 3 is 2.16 bits per heavy atom. The van der Waals surface area contributed by atoms with Gasteiger partial charge in [-0.25, -0.2) is 0 Å². The van der Waals surface area contributed by atoms with Crippen LogP contribution in [0.2, 0.25) is 0 Å². The van der Waals surface area contributed by atoms with Gasteiger partial charge in [0.2, 0.25) is 0 Å². The maximum absolute atomic E-state index is 12.8. The van der Waals surface area contributed by atoms with Gasteiger partial charge in [0, 0.05) is 5.92 Å². The molecule has 6 heteroatoms. The Balaban J connectivity index is 1.55. The molecule has 2 atom stereocenters. The molecule has 0 saturated heterocycles. The van der Waals surface area contributed by atoms with Gasteiger partial charge >= 0.3 is 11.9 Å². The molecule has 0 fully saturated rings. The average molecular weight is 417 g/mol. The van der Waals surface area contributed by atoms with E-state index in [1.165, 1.54) is 7.11 Å². The molecule has 6 nitrogen and oxygen atoms in total. The molecule has 158 valence electrons. The van der Waals surface area contributed by atoms with Crippen molar-refractivity contribution in [2.45, 2.75) is 12.0 Å². The van der Waals surface area contributed by atoms with Crippen LogP contribution in [0.5, 0.6) is 5.75 Å². The van der Waals surface area contributed by atoms with Gasteiger partial charge in [-0.15, -0.1) is 0 Å². The zero-order valence-electron chi connectivity index (χ0n) is 17.0. The maximum atomic E-state index is 12.8. The second kappa shape index (κ2) is 8.62. The summed E-state index contributed by atoms with van der Waals surface area (Å²) < 4.78 is 10.7. The minimum Gasteiger partial charge on any atom is -0.497 e. The number of methoxy groups -OCH3 is 1. The van der Waals surface area contributed by atoms with Gasteiger partial charge in [-0.1, -0.05) is 60.7 Å². The third-order valence-corrected chi connectivity index (χ3v) is 5.71. The van der Waals surface area contributed by atoms with Crippen LogP contribution in [0, 0.1) is 5.92 Å². The topological polar surface area (TPSA) is 98.9 Å². The summed E-state index contributed by atoms with van der Waals surface area (Å²) in [5.41, 5.74) is 11.0. The van der Waals surface area contributed by atoms with Crippen LogP contribution in [0.15, 0.2) is 72.8 Å². The lowest BCUT2D eigenvalue weighted by Gasteiger charge is -2.21. The number of aliphatic carboxylic acids is 1. The fourth-order valence-electron chi connectivity index (χ4n) is 4.14. The summed E-state index contributed by atoms with van der Waals surface area (Å²) in [7, 11) is 1.50. The fourth-order valence-corrected chi connectivity index (χ4v) is 4.14. The summed E-state index contributed by atoms with van der Waals surface area (Å²) in [5.74, 6) is -3.33. The normalized spacial score (nSPS) is 14.3. The van der Waals surface area contributed by atoms with E-state index in [1.54, 1.807) is 24.3 Å². The molecule has 0 aromatic heterocycles. The molecule has 0 radical (unpaired) electrons. The monoisotopic (exact) mass is 417 g/mol. The van der Waals surface area contributed by atoms with E-state index < -0.39 is 23.9 Å². The molecular formula is C25H23NO5. The SMILES string of the molecule is COc1cccc(C(N)[C@@H](C(=O)O)C(=O)OCC2c3ccccc3-c3ccccc32)c1. The number of carboxylic acid groups (broad SMARTS) is 1. The van der Waals surface area contributed by atoms with Gasteiger partial charge in [-0.3, -0.25) is 9.59 Å². The van der Waals surface area contributed by atoms with Crippen molar-refractivity contribution in [2.75, 3.05) is 13.7 Å². The zero-order chi connectivity index (χ0) is 22.0. The number of carboxylic acids is 1. The van der Waals surface area contributed by atoms with Gasteiger partial charge in [0.15, 0.2) is 5.92 Å². The van der Waals surface area contributed by atoms with E-state index in [9.17, 15) is 14.7 Å². The predicted octanol–water partition coefficient (Wildman–Crippen LogP) is 3.75. The van der Waals surface area contributed by atoms with Crippen molar-refractivity contribution >= 4 is 11.9 Å². The van der Waals surface area contributed by atoms with Crippen molar-refractivity contribution in [3.63, 3.8) is 0 Å². The molecule has 0 bridgehead atoms. The predicted molar refractivity (Wildman–Crippen MR) is 116 cm³/mol. The number of benzene rings is 3. The molecule has 0 spiro atoms. The summed E-state index contributed by atoms with van der Waals surface area (Å²) >= 11 is 0.